The van der Waals surface area contributed by atoms with Crippen LogP contribution in [0.1, 0.15) is 19.3 Å². The Balaban J connectivity index is 1.65. The van der Waals surface area contributed by atoms with Crippen molar-refractivity contribution in [3.63, 3.8) is 0 Å². The number of aliphatic hydroxyl groups excluding tert-OH is 1. The summed E-state index contributed by atoms with van der Waals surface area (Å²) in [5, 5.41) is 12.8. The molecule has 82 valence electrons. The van der Waals surface area contributed by atoms with Gasteiger partial charge in [-0.2, -0.15) is 0 Å². The SMILES string of the molecule is OC1CCCC1OCC1CNCCO1. The quantitative estimate of drug-likeness (QED) is 0.670. The predicted octanol–water partition coefficient (Wildman–Crippen LogP) is -0.0952. The highest BCUT2D eigenvalue weighted by molar-refractivity contribution is 4.78. The van der Waals surface area contributed by atoms with E-state index in [4.69, 9.17) is 9.47 Å². The molecule has 3 unspecified atom stereocenters. The summed E-state index contributed by atoms with van der Waals surface area (Å²) in [7, 11) is 0. The van der Waals surface area contributed by atoms with Gasteiger partial charge < -0.3 is 19.9 Å². The summed E-state index contributed by atoms with van der Waals surface area (Å²) in [5.74, 6) is 0. The second-order valence-corrected chi connectivity index (χ2v) is 4.07. The molecule has 2 fully saturated rings. The molecule has 3 atom stereocenters. The summed E-state index contributed by atoms with van der Waals surface area (Å²) in [6.07, 6.45) is 2.90. The summed E-state index contributed by atoms with van der Waals surface area (Å²) >= 11 is 0. The van der Waals surface area contributed by atoms with E-state index < -0.39 is 0 Å². The highest BCUT2D eigenvalue weighted by Crippen LogP contribution is 2.22. The molecule has 2 aliphatic rings. The van der Waals surface area contributed by atoms with Gasteiger partial charge in [-0.05, 0) is 19.3 Å². The van der Waals surface area contributed by atoms with Gasteiger partial charge in [0.2, 0.25) is 0 Å². The Labute approximate surface area is 84.6 Å². The average molecular weight is 201 g/mol. The van der Waals surface area contributed by atoms with Crippen molar-refractivity contribution in [2.24, 2.45) is 0 Å². The lowest BCUT2D eigenvalue weighted by Gasteiger charge is -2.25. The fourth-order valence-electron chi connectivity index (χ4n) is 2.06. The third-order valence-electron chi connectivity index (χ3n) is 2.92. The molecule has 0 spiro atoms. The first-order valence-corrected chi connectivity index (χ1v) is 5.48. The Morgan fingerprint density at radius 2 is 2.36 bits per heavy atom. The van der Waals surface area contributed by atoms with Crippen LogP contribution in [0.2, 0.25) is 0 Å². The van der Waals surface area contributed by atoms with Gasteiger partial charge in [-0.25, -0.2) is 0 Å². The molecular weight excluding hydrogens is 182 g/mol. The third-order valence-corrected chi connectivity index (χ3v) is 2.92. The molecule has 1 aliphatic carbocycles. The summed E-state index contributed by atoms with van der Waals surface area (Å²) in [6.45, 7) is 3.17. The van der Waals surface area contributed by atoms with Crippen LogP contribution in [-0.2, 0) is 9.47 Å². The first-order chi connectivity index (χ1) is 6.86. The lowest BCUT2D eigenvalue weighted by molar-refractivity contribution is -0.0792. The molecule has 1 heterocycles. The van der Waals surface area contributed by atoms with E-state index in [1.165, 1.54) is 0 Å². The molecule has 0 bridgehead atoms. The van der Waals surface area contributed by atoms with Crippen LogP contribution < -0.4 is 5.32 Å². The molecule has 0 aromatic carbocycles. The molecule has 0 aromatic heterocycles. The van der Waals surface area contributed by atoms with Crippen molar-refractivity contribution >= 4 is 0 Å². The summed E-state index contributed by atoms with van der Waals surface area (Å²) < 4.78 is 11.1. The standard InChI is InChI=1S/C10H19NO3/c12-9-2-1-3-10(9)14-7-8-6-11-4-5-13-8/h8-12H,1-7H2. The molecule has 0 radical (unpaired) electrons. The van der Waals surface area contributed by atoms with Crippen LogP contribution in [0.25, 0.3) is 0 Å². The lowest BCUT2D eigenvalue weighted by Crippen LogP contribution is -2.42. The maximum absolute atomic E-state index is 9.54. The first kappa shape index (κ1) is 10.4. The first-order valence-electron chi connectivity index (χ1n) is 5.48. The Bertz CT molecular complexity index is 171. The van der Waals surface area contributed by atoms with E-state index in [0.717, 1.165) is 39.0 Å². The van der Waals surface area contributed by atoms with Gasteiger partial charge in [0.25, 0.3) is 0 Å². The van der Waals surface area contributed by atoms with Crippen molar-refractivity contribution < 1.29 is 14.6 Å². The molecule has 14 heavy (non-hydrogen) atoms. The van der Waals surface area contributed by atoms with Gasteiger partial charge in [-0.15, -0.1) is 0 Å². The van der Waals surface area contributed by atoms with E-state index >= 15 is 0 Å². The second kappa shape index (κ2) is 5.07. The van der Waals surface area contributed by atoms with E-state index in [1.54, 1.807) is 0 Å². The number of hydrogen-bond acceptors (Lipinski definition) is 4. The van der Waals surface area contributed by atoms with Crippen molar-refractivity contribution in [2.75, 3.05) is 26.3 Å². The van der Waals surface area contributed by atoms with E-state index in [0.29, 0.717) is 6.61 Å². The maximum Gasteiger partial charge on any atom is 0.0933 e. The van der Waals surface area contributed by atoms with Gasteiger partial charge in [0.05, 0.1) is 31.5 Å². The van der Waals surface area contributed by atoms with Gasteiger partial charge >= 0.3 is 0 Å². The van der Waals surface area contributed by atoms with Crippen LogP contribution in [0.4, 0.5) is 0 Å². The van der Waals surface area contributed by atoms with Crippen molar-refractivity contribution in [1.29, 1.82) is 0 Å². The predicted molar refractivity (Wildman–Crippen MR) is 52.2 cm³/mol. The second-order valence-electron chi connectivity index (χ2n) is 4.07. The minimum Gasteiger partial charge on any atom is -0.390 e. The number of hydrogen-bond donors (Lipinski definition) is 2. The van der Waals surface area contributed by atoms with Crippen LogP contribution in [0.15, 0.2) is 0 Å². The average Bonchev–Trinajstić information content (AvgIpc) is 2.63. The zero-order valence-corrected chi connectivity index (χ0v) is 8.45. The zero-order valence-electron chi connectivity index (χ0n) is 8.45. The molecular formula is C10H19NO3. The molecule has 0 aromatic rings. The van der Waals surface area contributed by atoms with Gasteiger partial charge in [-0.3, -0.25) is 0 Å². The Morgan fingerprint density at radius 1 is 1.43 bits per heavy atom. The number of ether oxygens (including phenoxy) is 2. The topological polar surface area (TPSA) is 50.7 Å². The molecule has 4 heteroatoms. The van der Waals surface area contributed by atoms with Crippen molar-refractivity contribution in [2.45, 2.75) is 37.6 Å². The molecule has 1 aliphatic heterocycles. The number of nitrogens with one attached hydrogen (secondary N) is 1. The van der Waals surface area contributed by atoms with Gasteiger partial charge in [-0.1, -0.05) is 0 Å². The number of aliphatic hydroxyl groups is 1. The van der Waals surface area contributed by atoms with Gasteiger partial charge in [0, 0.05) is 13.1 Å². The zero-order chi connectivity index (χ0) is 9.80. The fraction of sp³-hybridized carbons (Fsp3) is 1.00. The van der Waals surface area contributed by atoms with E-state index in [1.807, 2.05) is 0 Å². The molecule has 2 rings (SSSR count). The minimum atomic E-state index is -0.258. The van der Waals surface area contributed by atoms with Crippen LogP contribution in [0.3, 0.4) is 0 Å². The van der Waals surface area contributed by atoms with E-state index in [-0.39, 0.29) is 18.3 Å². The van der Waals surface area contributed by atoms with Crippen molar-refractivity contribution in [3.05, 3.63) is 0 Å². The largest absolute Gasteiger partial charge is 0.390 e. The Hall–Kier alpha value is -0.160. The van der Waals surface area contributed by atoms with Gasteiger partial charge in [0.1, 0.15) is 0 Å². The monoisotopic (exact) mass is 201 g/mol. The number of rotatable bonds is 3. The normalized spacial score (nSPS) is 38.8. The molecule has 4 nitrogen and oxygen atoms in total. The molecule has 1 saturated carbocycles. The van der Waals surface area contributed by atoms with Crippen LogP contribution in [0, 0.1) is 0 Å². The van der Waals surface area contributed by atoms with Crippen molar-refractivity contribution in [3.8, 4) is 0 Å². The maximum atomic E-state index is 9.54. The molecule has 0 amide bonds. The Kier molecular flexibility index (Phi) is 3.75. The molecule has 1 saturated heterocycles. The lowest BCUT2D eigenvalue weighted by atomic mass is 10.2. The summed E-state index contributed by atoms with van der Waals surface area (Å²) in [6, 6.07) is 0. The van der Waals surface area contributed by atoms with Crippen LogP contribution in [-0.4, -0.2) is 49.7 Å². The van der Waals surface area contributed by atoms with E-state index in [2.05, 4.69) is 5.32 Å². The number of morpholine rings is 1. The highest BCUT2D eigenvalue weighted by Gasteiger charge is 2.27. The van der Waals surface area contributed by atoms with Crippen molar-refractivity contribution in [1.82, 2.24) is 5.32 Å². The summed E-state index contributed by atoms with van der Waals surface area (Å²) in [5.41, 5.74) is 0. The third kappa shape index (κ3) is 2.67. The fourth-order valence-corrected chi connectivity index (χ4v) is 2.06. The molecule has 2 N–H and O–H groups in total. The van der Waals surface area contributed by atoms with Crippen LogP contribution in [0.5, 0.6) is 0 Å². The smallest absolute Gasteiger partial charge is 0.0933 e. The minimum absolute atomic E-state index is 0.0422. The highest BCUT2D eigenvalue weighted by atomic mass is 16.5. The summed E-state index contributed by atoms with van der Waals surface area (Å²) in [4.78, 5) is 0. The van der Waals surface area contributed by atoms with Crippen LogP contribution >= 0.6 is 0 Å². The van der Waals surface area contributed by atoms with E-state index in [9.17, 15) is 5.11 Å². The van der Waals surface area contributed by atoms with Gasteiger partial charge in [0.15, 0.2) is 0 Å². The Morgan fingerprint density at radius 3 is 3.00 bits per heavy atom.